The van der Waals surface area contributed by atoms with Crippen molar-refractivity contribution in [1.82, 2.24) is 10.2 Å². The Kier molecular flexibility index (Phi) is 6.74. The quantitative estimate of drug-likeness (QED) is 0.746. The molecule has 0 saturated carbocycles. The van der Waals surface area contributed by atoms with E-state index in [4.69, 9.17) is 0 Å². The third kappa shape index (κ3) is 5.88. The van der Waals surface area contributed by atoms with E-state index in [1.807, 2.05) is 0 Å². The van der Waals surface area contributed by atoms with E-state index in [1.165, 1.54) is 37.1 Å². The number of carbonyl (C=O) groups excluding carboxylic acids is 1. The molecule has 1 saturated heterocycles. The van der Waals surface area contributed by atoms with Crippen LogP contribution in [0, 0.1) is 0 Å². The fraction of sp³-hybridized carbons (Fsp3) is 0.611. The SMILES string of the molecule is CCc1ccc(CCC(=O)NCCCN2CCCC2)cc1. The molecule has 1 aliphatic heterocycles. The highest BCUT2D eigenvalue weighted by Gasteiger charge is 2.10. The lowest BCUT2D eigenvalue weighted by atomic mass is 10.1. The summed E-state index contributed by atoms with van der Waals surface area (Å²) in [5.74, 6) is 0.177. The minimum absolute atomic E-state index is 0.177. The standard InChI is InChI=1S/C18H28N2O/c1-2-16-6-8-17(9-7-16)10-11-18(21)19-12-5-15-20-13-3-4-14-20/h6-9H,2-5,10-15H2,1H3,(H,19,21). The van der Waals surface area contributed by atoms with E-state index < -0.39 is 0 Å². The smallest absolute Gasteiger partial charge is 0.220 e. The van der Waals surface area contributed by atoms with E-state index in [1.54, 1.807) is 0 Å². The maximum absolute atomic E-state index is 11.8. The lowest BCUT2D eigenvalue weighted by Gasteiger charge is -2.14. The molecule has 1 aromatic carbocycles. The molecule has 0 atom stereocenters. The zero-order valence-corrected chi connectivity index (χ0v) is 13.2. The molecule has 1 aliphatic rings. The molecule has 21 heavy (non-hydrogen) atoms. The van der Waals surface area contributed by atoms with Crippen LogP contribution in [0.15, 0.2) is 24.3 Å². The van der Waals surface area contributed by atoms with Gasteiger partial charge < -0.3 is 10.2 Å². The maximum atomic E-state index is 11.8. The minimum Gasteiger partial charge on any atom is -0.356 e. The first-order chi connectivity index (χ1) is 10.3. The number of likely N-dealkylation sites (tertiary alicyclic amines) is 1. The lowest BCUT2D eigenvalue weighted by molar-refractivity contribution is -0.121. The number of benzene rings is 1. The topological polar surface area (TPSA) is 32.3 Å². The van der Waals surface area contributed by atoms with Crippen molar-refractivity contribution in [3.63, 3.8) is 0 Å². The first kappa shape index (κ1) is 16.0. The number of aryl methyl sites for hydroxylation is 2. The first-order valence-corrected chi connectivity index (χ1v) is 8.35. The van der Waals surface area contributed by atoms with E-state index >= 15 is 0 Å². The summed E-state index contributed by atoms with van der Waals surface area (Å²) in [4.78, 5) is 14.3. The van der Waals surface area contributed by atoms with Gasteiger partial charge in [0.05, 0.1) is 0 Å². The first-order valence-electron chi connectivity index (χ1n) is 8.35. The van der Waals surface area contributed by atoms with E-state index in [9.17, 15) is 4.79 Å². The average molecular weight is 288 g/mol. The second-order valence-corrected chi connectivity index (χ2v) is 5.92. The van der Waals surface area contributed by atoms with Crippen LogP contribution in [0.5, 0.6) is 0 Å². The van der Waals surface area contributed by atoms with Crippen LogP contribution in [0.3, 0.4) is 0 Å². The number of amides is 1. The van der Waals surface area contributed by atoms with E-state index in [-0.39, 0.29) is 5.91 Å². The zero-order chi connectivity index (χ0) is 14.9. The third-order valence-corrected chi connectivity index (χ3v) is 4.24. The van der Waals surface area contributed by atoms with Gasteiger partial charge in [0.1, 0.15) is 0 Å². The van der Waals surface area contributed by atoms with Gasteiger partial charge in [-0.25, -0.2) is 0 Å². The Bertz CT molecular complexity index is 421. The van der Waals surface area contributed by atoms with Crippen molar-refractivity contribution in [3.05, 3.63) is 35.4 Å². The van der Waals surface area contributed by atoms with Gasteiger partial charge in [-0.05, 0) is 62.9 Å². The van der Waals surface area contributed by atoms with Crippen molar-refractivity contribution in [2.75, 3.05) is 26.2 Å². The van der Waals surface area contributed by atoms with Crippen LogP contribution in [0.1, 0.15) is 43.7 Å². The summed E-state index contributed by atoms with van der Waals surface area (Å²) in [6.07, 6.45) is 6.23. The molecule has 0 spiro atoms. The number of hydrogen-bond acceptors (Lipinski definition) is 2. The van der Waals surface area contributed by atoms with Crippen LogP contribution in [-0.4, -0.2) is 37.0 Å². The highest BCUT2D eigenvalue weighted by atomic mass is 16.1. The molecule has 3 nitrogen and oxygen atoms in total. The fourth-order valence-electron chi connectivity index (χ4n) is 2.82. The highest BCUT2D eigenvalue weighted by molar-refractivity contribution is 5.76. The summed E-state index contributed by atoms with van der Waals surface area (Å²) in [5.41, 5.74) is 2.60. The van der Waals surface area contributed by atoms with Gasteiger partial charge in [-0.1, -0.05) is 31.2 Å². The Morgan fingerprint density at radius 1 is 1.14 bits per heavy atom. The Hall–Kier alpha value is -1.35. The molecule has 1 fully saturated rings. The van der Waals surface area contributed by atoms with Crippen molar-refractivity contribution < 1.29 is 4.79 Å². The van der Waals surface area contributed by atoms with Gasteiger partial charge in [0.2, 0.25) is 5.91 Å². The van der Waals surface area contributed by atoms with E-state index in [0.717, 1.165) is 32.4 Å². The van der Waals surface area contributed by atoms with Crippen LogP contribution >= 0.6 is 0 Å². The van der Waals surface area contributed by atoms with Gasteiger partial charge in [-0.3, -0.25) is 4.79 Å². The van der Waals surface area contributed by atoms with Crippen molar-refractivity contribution in [2.45, 2.75) is 45.4 Å². The lowest BCUT2D eigenvalue weighted by Crippen LogP contribution is -2.28. The van der Waals surface area contributed by atoms with Gasteiger partial charge in [0.15, 0.2) is 0 Å². The fourth-order valence-corrected chi connectivity index (χ4v) is 2.82. The van der Waals surface area contributed by atoms with E-state index in [2.05, 4.69) is 41.4 Å². The number of hydrogen-bond donors (Lipinski definition) is 1. The van der Waals surface area contributed by atoms with Crippen molar-refractivity contribution >= 4 is 5.91 Å². The minimum atomic E-state index is 0.177. The zero-order valence-electron chi connectivity index (χ0n) is 13.2. The Labute approximate surface area is 128 Å². The molecule has 1 amide bonds. The third-order valence-electron chi connectivity index (χ3n) is 4.24. The predicted molar refractivity (Wildman–Crippen MR) is 87.4 cm³/mol. The molecule has 0 radical (unpaired) electrons. The number of nitrogens with zero attached hydrogens (tertiary/aromatic N) is 1. The Morgan fingerprint density at radius 3 is 2.48 bits per heavy atom. The van der Waals surface area contributed by atoms with E-state index in [0.29, 0.717) is 6.42 Å². The summed E-state index contributed by atoms with van der Waals surface area (Å²) >= 11 is 0. The Balaban J connectivity index is 1.56. The van der Waals surface area contributed by atoms with Gasteiger partial charge in [-0.2, -0.15) is 0 Å². The molecule has 116 valence electrons. The van der Waals surface area contributed by atoms with Crippen molar-refractivity contribution in [2.24, 2.45) is 0 Å². The van der Waals surface area contributed by atoms with Crippen LogP contribution in [0.2, 0.25) is 0 Å². The van der Waals surface area contributed by atoms with Crippen LogP contribution < -0.4 is 5.32 Å². The van der Waals surface area contributed by atoms with Gasteiger partial charge >= 0.3 is 0 Å². The molecule has 1 N–H and O–H groups in total. The molecule has 0 aliphatic carbocycles. The predicted octanol–water partition coefficient (Wildman–Crippen LogP) is 2.78. The second kappa shape index (κ2) is 8.83. The summed E-state index contributed by atoms with van der Waals surface area (Å²) < 4.78 is 0. The number of nitrogens with one attached hydrogen (secondary N) is 1. The molecule has 3 heteroatoms. The summed E-state index contributed by atoms with van der Waals surface area (Å²) in [6.45, 7) is 6.57. The second-order valence-electron chi connectivity index (χ2n) is 5.92. The molecule has 2 rings (SSSR count). The van der Waals surface area contributed by atoms with Crippen LogP contribution in [0.25, 0.3) is 0 Å². The molecule has 0 aromatic heterocycles. The van der Waals surface area contributed by atoms with Gasteiger partial charge in [0.25, 0.3) is 0 Å². The highest BCUT2D eigenvalue weighted by Crippen LogP contribution is 2.08. The molecule has 1 aromatic rings. The molecule has 0 bridgehead atoms. The number of rotatable bonds is 8. The summed E-state index contributed by atoms with van der Waals surface area (Å²) in [5, 5.41) is 3.03. The summed E-state index contributed by atoms with van der Waals surface area (Å²) in [6, 6.07) is 8.59. The van der Waals surface area contributed by atoms with Crippen LogP contribution in [0.4, 0.5) is 0 Å². The number of carbonyl (C=O) groups is 1. The van der Waals surface area contributed by atoms with Gasteiger partial charge in [0, 0.05) is 13.0 Å². The van der Waals surface area contributed by atoms with Crippen molar-refractivity contribution in [1.29, 1.82) is 0 Å². The monoisotopic (exact) mass is 288 g/mol. The molecule has 1 heterocycles. The largest absolute Gasteiger partial charge is 0.356 e. The average Bonchev–Trinajstić information content (AvgIpc) is 3.03. The Morgan fingerprint density at radius 2 is 1.81 bits per heavy atom. The molecular weight excluding hydrogens is 260 g/mol. The summed E-state index contributed by atoms with van der Waals surface area (Å²) in [7, 11) is 0. The normalized spacial score (nSPS) is 15.3. The van der Waals surface area contributed by atoms with Crippen molar-refractivity contribution in [3.8, 4) is 0 Å². The molecular formula is C18H28N2O. The van der Waals surface area contributed by atoms with Gasteiger partial charge in [-0.15, -0.1) is 0 Å². The maximum Gasteiger partial charge on any atom is 0.220 e. The molecule has 0 unspecified atom stereocenters. The van der Waals surface area contributed by atoms with Crippen LogP contribution in [-0.2, 0) is 17.6 Å².